The molecule has 6 nitrogen and oxygen atoms in total. The van der Waals surface area contributed by atoms with Crippen LogP contribution in [0, 0.1) is 5.92 Å². The number of hydrogen-bond donors (Lipinski definition) is 1. The second-order valence-corrected chi connectivity index (χ2v) is 8.59. The molecule has 0 saturated carbocycles. The Morgan fingerprint density at radius 3 is 2.50 bits per heavy atom. The molecule has 0 spiro atoms. The molecule has 6 heteroatoms. The molecular formula is C24H34N4O2. The third kappa shape index (κ3) is 7.02. The lowest BCUT2D eigenvalue weighted by molar-refractivity contribution is 0.176. The number of carbonyl (C=O) groups is 1. The summed E-state index contributed by atoms with van der Waals surface area (Å²) in [4.78, 5) is 21.5. The Bertz CT molecular complexity index is 772. The van der Waals surface area contributed by atoms with E-state index in [9.17, 15) is 4.79 Å². The number of carbonyl (C=O) groups excluding carboxylic acids is 1. The lowest BCUT2D eigenvalue weighted by Crippen LogP contribution is -2.48. The molecule has 1 saturated heterocycles. The van der Waals surface area contributed by atoms with E-state index in [0.29, 0.717) is 25.6 Å². The second kappa shape index (κ2) is 11.0. The number of benzene rings is 1. The quantitative estimate of drug-likeness (QED) is 0.717. The number of urea groups is 1. The first-order chi connectivity index (χ1) is 14.5. The Morgan fingerprint density at radius 2 is 1.87 bits per heavy atom. The van der Waals surface area contributed by atoms with Crippen molar-refractivity contribution in [3.63, 3.8) is 0 Å². The fourth-order valence-electron chi connectivity index (χ4n) is 3.50. The minimum atomic E-state index is -0.0199. The van der Waals surface area contributed by atoms with Crippen molar-refractivity contribution >= 4 is 6.03 Å². The van der Waals surface area contributed by atoms with E-state index in [1.54, 1.807) is 6.20 Å². The van der Waals surface area contributed by atoms with Gasteiger partial charge in [0.2, 0.25) is 0 Å². The van der Waals surface area contributed by atoms with E-state index in [2.05, 4.69) is 36.1 Å². The van der Waals surface area contributed by atoms with Gasteiger partial charge in [0, 0.05) is 31.5 Å². The van der Waals surface area contributed by atoms with Crippen molar-refractivity contribution in [3.05, 3.63) is 59.9 Å². The summed E-state index contributed by atoms with van der Waals surface area (Å²) < 4.78 is 5.77. The van der Waals surface area contributed by atoms with Gasteiger partial charge in [0.25, 0.3) is 0 Å². The number of aromatic nitrogens is 1. The largest absolute Gasteiger partial charge is 0.493 e. The highest BCUT2D eigenvalue weighted by Crippen LogP contribution is 2.17. The molecule has 1 aliphatic heterocycles. The van der Waals surface area contributed by atoms with E-state index in [1.807, 2.05) is 47.5 Å². The maximum absolute atomic E-state index is 13.1. The normalized spacial score (nSPS) is 15.2. The van der Waals surface area contributed by atoms with Gasteiger partial charge in [-0.15, -0.1) is 0 Å². The highest BCUT2D eigenvalue weighted by atomic mass is 16.5. The second-order valence-electron chi connectivity index (χ2n) is 8.59. The topological polar surface area (TPSA) is 57.7 Å². The first-order valence-electron chi connectivity index (χ1n) is 10.8. The van der Waals surface area contributed by atoms with Gasteiger partial charge in [-0.25, -0.2) is 4.79 Å². The fourth-order valence-corrected chi connectivity index (χ4v) is 3.50. The summed E-state index contributed by atoms with van der Waals surface area (Å²) in [6, 6.07) is 12.2. The van der Waals surface area contributed by atoms with Crippen molar-refractivity contribution in [3.8, 4) is 5.75 Å². The number of hydrogen-bond acceptors (Lipinski definition) is 4. The van der Waals surface area contributed by atoms with Crippen LogP contribution in [0.4, 0.5) is 4.79 Å². The molecule has 162 valence electrons. The molecular weight excluding hydrogens is 376 g/mol. The SMILES string of the molecule is CC(C)COc1ccc(CN(Cc2cccnc2)C(=O)NC2CCN(C)CC2)cc1. The van der Waals surface area contributed by atoms with Gasteiger partial charge >= 0.3 is 6.03 Å². The molecule has 2 aromatic rings. The molecule has 0 radical (unpaired) electrons. The molecule has 1 aliphatic rings. The van der Waals surface area contributed by atoms with Crippen LogP contribution in [0.25, 0.3) is 0 Å². The van der Waals surface area contributed by atoms with E-state index in [4.69, 9.17) is 4.74 Å². The van der Waals surface area contributed by atoms with E-state index in [-0.39, 0.29) is 12.1 Å². The first-order valence-corrected chi connectivity index (χ1v) is 10.8. The average molecular weight is 411 g/mol. The predicted octanol–water partition coefficient (Wildman–Crippen LogP) is 3.92. The Kier molecular flexibility index (Phi) is 8.08. The van der Waals surface area contributed by atoms with Crippen LogP contribution >= 0.6 is 0 Å². The van der Waals surface area contributed by atoms with Crippen molar-refractivity contribution < 1.29 is 9.53 Å². The highest BCUT2D eigenvalue weighted by Gasteiger charge is 2.22. The third-order valence-electron chi connectivity index (χ3n) is 5.31. The molecule has 1 aromatic carbocycles. The number of piperidine rings is 1. The molecule has 30 heavy (non-hydrogen) atoms. The minimum Gasteiger partial charge on any atom is -0.493 e. The van der Waals surface area contributed by atoms with Crippen LogP contribution in [0.2, 0.25) is 0 Å². The third-order valence-corrected chi connectivity index (χ3v) is 5.31. The molecule has 0 aliphatic carbocycles. The maximum atomic E-state index is 13.1. The van der Waals surface area contributed by atoms with E-state index in [1.165, 1.54) is 0 Å². The summed E-state index contributed by atoms with van der Waals surface area (Å²) >= 11 is 0. The van der Waals surface area contributed by atoms with Gasteiger partial charge in [-0.05, 0) is 68.2 Å². The number of pyridine rings is 1. The van der Waals surface area contributed by atoms with Crippen molar-refractivity contribution in [2.75, 3.05) is 26.7 Å². The van der Waals surface area contributed by atoms with Crippen LogP contribution in [-0.4, -0.2) is 53.6 Å². The number of rotatable bonds is 8. The number of amides is 2. The Balaban J connectivity index is 1.65. The number of ether oxygens (including phenoxy) is 1. The van der Waals surface area contributed by atoms with Crippen LogP contribution in [0.15, 0.2) is 48.8 Å². The highest BCUT2D eigenvalue weighted by molar-refractivity contribution is 5.74. The van der Waals surface area contributed by atoms with Gasteiger partial charge < -0.3 is 19.9 Å². The Hall–Kier alpha value is -2.60. The average Bonchev–Trinajstić information content (AvgIpc) is 2.75. The fraction of sp³-hybridized carbons (Fsp3) is 0.500. The van der Waals surface area contributed by atoms with Crippen molar-refractivity contribution in [1.29, 1.82) is 0 Å². The van der Waals surface area contributed by atoms with Gasteiger partial charge in [-0.2, -0.15) is 0 Å². The van der Waals surface area contributed by atoms with Crippen molar-refractivity contribution in [2.24, 2.45) is 5.92 Å². The predicted molar refractivity (Wildman–Crippen MR) is 119 cm³/mol. The first kappa shape index (κ1) is 22.1. The maximum Gasteiger partial charge on any atom is 0.318 e. The number of nitrogens with zero attached hydrogens (tertiary/aromatic N) is 3. The lowest BCUT2D eigenvalue weighted by Gasteiger charge is -2.32. The summed E-state index contributed by atoms with van der Waals surface area (Å²) in [5.74, 6) is 1.35. The summed E-state index contributed by atoms with van der Waals surface area (Å²) in [6.07, 6.45) is 5.55. The molecule has 3 rings (SSSR count). The number of likely N-dealkylation sites (tertiary alicyclic amines) is 1. The smallest absolute Gasteiger partial charge is 0.318 e. The molecule has 1 aromatic heterocycles. The van der Waals surface area contributed by atoms with E-state index in [0.717, 1.165) is 42.8 Å². The van der Waals surface area contributed by atoms with Crippen molar-refractivity contribution in [1.82, 2.24) is 20.1 Å². The molecule has 0 unspecified atom stereocenters. The van der Waals surface area contributed by atoms with Gasteiger partial charge in [0.1, 0.15) is 5.75 Å². The van der Waals surface area contributed by atoms with E-state index < -0.39 is 0 Å². The van der Waals surface area contributed by atoms with Gasteiger partial charge in [-0.3, -0.25) is 4.98 Å². The standard InChI is InChI=1S/C24H34N4O2/c1-19(2)18-30-23-8-6-20(7-9-23)16-28(17-21-5-4-12-25-15-21)24(29)26-22-10-13-27(3)14-11-22/h4-9,12,15,19,22H,10-11,13-14,16-18H2,1-3H3,(H,26,29). The van der Waals surface area contributed by atoms with Crippen LogP contribution < -0.4 is 10.1 Å². The summed E-state index contributed by atoms with van der Waals surface area (Å²) in [6.45, 7) is 8.07. The number of nitrogens with one attached hydrogen (secondary N) is 1. The molecule has 1 fully saturated rings. The van der Waals surface area contributed by atoms with Crippen LogP contribution in [-0.2, 0) is 13.1 Å². The van der Waals surface area contributed by atoms with Crippen LogP contribution in [0.3, 0.4) is 0 Å². The van der Waals surface area contributed by atoms with E-state index >= 15 is 0 Å². The molecule has 2 heterocycles. The van der Waals surface area contributed by atoms with Gasteiger partial charge in [0.05, 0.1) is 6.61 Å². The molecule has 1 N–H and O–H groups in total. The Morgan fingerprint density at radius 1 is 1.17 bits per heavy atom. The summed E-state index contributed by atoms with van der Waals surface area (Å²) in [7, 11) is 2.13. The summed E-state index contributed by atoms with van der Waals surface area (Å²) in [5, 5.41) is 3.24. The van der Waals surface area contributed by atoms with Gasteiger partial charge in [0.15, 0.2) is 0 Å². The molecule has 0 bridgehead atoms. The van der Waals surface area contributed by atoms with Crippen LogP contribution in [0.1, 0.15) is 37.8 Å². The zero-order valence-corrected chi connectivity index (χ0v) is 18.4. The lowest BCUT2D eigenvalue weighted by atomic mass is 10.1. The Labute approximate surface area is 180 Å². The summed E-state index contributed by atoms with van der Waals surface area (Å²) in [5.41, 5.74) is 2.10. The molecule has 2 amide bonds. The minimum absolute atomic E-state index is 0.0199. The zero-order chi connectivity index (χ0) is 21.3. The zero-order valence-electron chi connectivity index (χ0n) is 18.4. The van der Waals surface area contributed by atoms with Gasteiger partial charge in [-0.1, -0.05) is 32.0 Å². The monoisotopic (exact) mass is 410 g/mol. The van der Waals surface area contributed by atoms with Crippen molar-refractivity contribution in [2.45, 2.75) is 45.8 Å². The van der Waals surface area contributed by atoms with Crippen LogP contribution in [0.5, 0.6) is 5.75 Å². The molecule has 0 atom stereocenters.